The first kappa shape index (κ1) is 14.8. The monoisotopic (exact) mass is 334 g/mol. The summed E-state index contributed by atoms with van der Waals surface area (Å²) in [4.78, 5) is 8.83. The van der Waals surface area contributed by atoms with Crippen molar-refractivity contribution >= 4 is 33.4 Å². The molecule has 1 heterocycles. The van der Waals surface area contributed by atoms with E-state index in [2.05, 4.69) is 62.5 Å². The van der Waals surface area contributed by atoms with Crippen LogP contribution in [-0.2, 0) is 0 Å². The van der Waals surface area contributed by atoms with E-state index in [1.165, 1.54) is 11.1 Å². The molecule has 2 N–H and O–H groups in total. The Bertz CT molecular complexity index is 602. The van der Waals surface area contributed by atoms with Crippen LogP contribution in [0.5, 0.6) is 0 Å². The van der Waals surface area contributed by atoms with Gasteiger partial charge in [0.05, 0.1) is 0 Å². The van der Waals surface area contributed by atoms with Crippen LogP contribution in [0.4, 0.5) is 17.5 Å². The van der Waals surface area contributed by atoms with E-state index in [1.807, 2.05) is 19.9 Å². The van der Waals surface area contributed by atoms with Gasteiger partial charge in [0.1, 0.15) is 5.82 Å². The smallest absolute Gasteiger partial charge is 0.224 e. The number of aryl methyl sites for hydroxylation is 3. The summed E-state index contributed by atoms with van der Waals surface area (Å²) in [5.41, 5.74) is 4.39. The van der Waals surface area contributed by atoms with E-state index in [0.717, 1.165) is 28.2 Å². The van der Waals surface area contributed by atoms with Gasteiger partial charge in [0.25, 0.3) is 0 Å². The van der Waals surface area contributed by atoms with Crippen LogP contribution in [-0.4, -0.2) is 16.5 Å². The predicted molar refractivity (Wildman–Crippen MR) is 87.8 cm³/mol. The summed E-state index contributed by atoms with van der Waals surface area (Å²) in [6.45, 7) is 8.97. The number of nitrogens with one attached hydrogen (secondary N) is 2. The highest BCUT2D eigenvalue weighted by molar-refractivity contribution is 9.10. The molecule has 0 aliphatic carbocycles. The topological polar surface area (TPSA) is 49.8 Å². The molecule has 0 radical (unpaired) electrons. The number of halogens is 1. The highest BCUT2D eigenvalue weighted by Crippen LogP contribution is 2.27. The summed E-state index contributed by atoms with van der Waals surface area (Å²) in [6.07, 6.45) is 0. The summed E-state index contributed by atoms with van der Waals surface area (Å²) in [6, 6.07) is 6.13. The van der Waals surface area contributed by atoms with Crippen LogP contribution in [0.15, 0.2) is 22.7 Å². The second-order valence-corrected chi connectivity index (χ2v) is 5.70. The van der Waals surface area contributed by atoms with Gasteiger partial charge in [-0.25, -0.2) is 4.98 Å². The van der Waals surface area contributed by atoms with Crippen molar-refractivity contribution in [3.05, 3.63) is 39.5 Å². The fourth-order valence-electron chi connectivity index (χ4n) is 2.11. The second kappa shape index (κ2) is 6.22. The van der Waals surface area contributed by atoms with Gasteiger partial charge in [0.2, 0.25) is 5.95 Å². The molecular weight excluding hydrogens is 316 g/mol. The number of rotatable bonds is 4. The molecule has 0 saturated carbocycles. The van der Waals surface area contributed by atoms with Crippen molar-refractivity contribution in [2.75, 3.05) is 17.2 Å². The largest absolute Gasteiger partial charge is 0.354 e. The molecule has 1 aromatic carbocycles. The third-order valence-electron chi connectivity index (χ3n) is 2.94. The molecule has 2 aromatic rings. The lowest BCUT2D eigenvalue weighted by Gasteiger charge is -2.14. The van der Waals surface area contributed by atoms with E-state index < -0.39 is 0 Å². The Balaban J connectivity index is 2.35. The fraction of sp³-hybridized carbons (Fsp3) is 0.333. The van der Waals surface area contributed by atoms with E-state index in [0.29, 0.717) is 5.95 Å². The van der Waals surface area contributed by atoms with E-state index in [4.69, 9.17) is 0 Å². The first-order valence-corrected chi connectivity index (χ1v) is 7.42. The van der Waals surface area contributed by atoms with Gasteiger partial charge in [-0.15, -0.1) is 0 Å². The van der Waals surface area contributed by atoms with Gasteiger partial charge >= 0.3 is 0 Å². The van der Waals surface area contributed by atoms with Crippen LogP contribution in [0.25, 0.3) is 0 Å². The maximum Gasteiger partial charge on any atom is 0.224 e. The Labute approximate surface area is 128 Å². The average Bonchev–Trinajstić information content (AvgIpc) is 2.33. The fourth-order valence-corrected chi connectivity index (χ4v) is 2.79. The van der Waals surface area contributed by atoms with Gasteiger partial charge < -0.3 is 10.6 Å². The minimum Gasteiger partial charge on any atom is -0.354 e. The molecule has 0 spiro atoms. The van der Waals surface area contributed by atoms with Crippen molar-refractivity contribution in [1.82, 2.24) is 9.97 Å². The lowest BCUT2D eigenvalue weighted by molar-refractivity contribution is 1.05. The van der Waals surface area contributed by atoms with Crippen LogP contribution in [0.1, 0.15) is 23.7 Å². The first-order valence-electron chi connectivity index (χ1n) is 6.63. The van der Waals surface area contributed by atoms with E-state index in [9.17, 15) is 0 Å². The number of hydrogen-bond acceptors (Lipinski definition) is 4. The maximum absolute atomic E-state index is 4.48. The van der Waals surface area contributed by atoms with Crippen molar-refractivity contribution < 1.29 is 0 Å². The molecule has 106 valence electrons. The van der Waals surface area contributed by atoms with Crippen molar-refractivity contribution in [3.63, 3.8) is 0 Å². The van der Waals surface area contributed by atoms with Crippen LogP contribution >= 0.6 is 15.9 Å². The molecule has 0 unspecified atom stereocenters. The summed E-state index contributed by atoms with van der Waals surface area (Å²) in [5.74, 6) is 1.46. The zero-order chi connectivity index (χ0) is 14.7. The Hall–Kier alpha value is -1.62. The number of nitrogens with zero attached hydrogens (tertiary/aromatic N) is 2. The molecule has 5 heteroatoms. The zero-order valence-electron chi connectivity index (χ0n) is 12.2. The molecule has 4 nitrogen and oxygen atoms in total. The Morgan fingerprint density at radius 3 is 2.30 bits per heavy atom. The number of anilines is 3. The third kappa shape index (κ3) is 3.48. The van der Waals surface area contributed by atoms with Gasteiger partial charge in [-0.05, 0) is 51.0 Å². The lowest BCUT2D eigenvalue weighted by atomic mass is 10.1. The van der Waals surface area contributed by atoms with Crippen LogP contribution in [0.3, 0.4) is 0 Å². The normalized spacial score (nSPS) is 10.4. The molecule has 0 bridgehead atoms. The number of aromatic nitrogens is 2. The van der Waals surface area contributed by atoms with E-state index in [1.54, 1.807) is 0 Å². The summed E-state index contributed by atoms with van der Waals surface area (Å²) in [7, 11) is 0. The minimum absolute atomic E-state index is 0.655. The Morgan fingerprint density at radius 1 is 1.05 bits per heavy atom. The van der Waals surface area contributed by atoms with Gasteiger partial charge in [0, 0.05) is 28.5 Å². The van der Waals surface area contributed by atoms with Crippen molar-refractivity contribution in [2.24, 2.45) is 0 Å². The van der Waals surface area contributed by atoms with Gasteiger partial charge in [-0.1, -0.05) is 15.9 Å². The molecule has 2 rings (SSSR count). The number of benzene rings is 1. The molecule has 0 amide bonds. The Kier molecular flexibility index (Phi) is 4.60. The SMILES string of the molecule is CCNc1nc(C)cc(Nc2c(C)cc(Br)cc2C)n1. The Morgan fingerprint density at radius 2 is 1.70 bits per heavy atom. The molecule has 0 atom stereocenters. The molecule has 0 aliphatic rings. The predicted octanol–water partition coefficient (Wildman–Crippen LogP) is 4.34. The van der Waals surface area contributed by atoms with Gasteiger partial charge in [-0.3, -0.25) is 0 Å². The van der Waals surface area contributed by atoms with Gasteiger partial charge in [0.15, 0.2) is 0 Å². The highest BCUT2D eigenvalue weighted by atomic mass is 79.9. The van der Waals surface area contributed by atoms with Crippen LogP contribution in [0, 0.1) is 20.8 Å². The van der Waals surface area contributed by atoms with Gasteiger partial charge in [-0.2, -0.15) is 4.98 Å². The highest BCUT2D eigenvalue weighted by Gasteiger charge is 2.07. The molecule has 0 saturated heterocycles. The zero-order valence-corrected chi connectivity index (χ0v) is 13.8. The third-order valence-corrected chi connectivity index (χ3v) is 3.40. The molecule has 20 heavy (non-hydrogen) atoms. The van der Waals surface area contributed by atoms with Crippen LogP contribution in [0.2, 0.25) is 0 Å². The number of hydrogen-bond donors (Lipinski definition) is 2. The van der Waals surface area contributed by atoms with Crippen molar-refractivity contribution in [3.8, 4) is 0 Å². The van der Waals surface area contributed by atoms with Crippen molar-refractivity contribution in [2.45, 2.75) is 27.7 Å². The quantitative estimate of drug-likeness (QED) is 0.873. The first-order chi connectivity index (χ1) is 9.49. The van der Waals surface area contributed by atoms with E-state index in [-0.39, 0.29) is 0 Å². The standard InChI is InChI=1S/C15H19BrN4/c1-5-17-15-18-11(4)8-13(20-15)19-14-9(2)6-12(16)7-10(14)3/h6-8H,5H2,1-4H3,(H2,17,18,19,20). The molecule has 0 aliphatic heterocycles. The molecule has 1 aromatic heterocycles. The van der Waals surface area contributed by atoms with E-state index >= 15 is 0 Å². The summed E-state index contributed by atoms with van der Waals surface area (Å²) >= 11 is 3.51. The van der Waals surface area contributed by atoms with Crippen LogP contribution < -0.4 is 10.6 Å². The summed E-state index contributed by atoms with van der Waals surface area (Å²) < 4.78 is 1.09. The van der Waals surface area contributed by atoms with Crippen molar-refractivity contribution in [1.29, 1.82) is 0 Å². The summed E-state index contributed by atoms with van der Waals surface area (Å²) in [5, 5.41) is 6.54. The minimum atomic E-state index is 0.655. The second-order valence-electron chi connectivity index (χ2n) is 4.79. The lowest BCUT2D eigenvalue weighted by Crippen LogP contribution is -2.06. The average molecular weight is 335 g/mol. The maximum atomic E-state index is 4.48. The molecule has 0 fully saturated rings. The molecular formula is C15H19BrN4.